The average molecular weight is 169 g/mol. The zero-order valence-corrected chi connectivity index (χ0v) is 7.38. The van der Waals surface area contributed by atoms with Crippen molar-refractivity contribution in [2.24, 2.45) is 0 Å². The largest absolute Gasteiger partial charge is 0.497 e. The standard InChI is InChI=1S/C9H12O3/c1-10-7-4-5-8(11-2)9(6-7)12-3/h4-6H,1-3H3/i6D. The van der Waals surface area contributed by atoms with Gasteiger partial charge in [-0.05, 0) is 12.1 Å². The maximum absolute atomic E-state index is 7.66. The average Bonchev–Trinajstić information content (AvgIpc) is 2.17. The molecule has 0 N–H and O–H groups in total. The van der Waals surface area contributed by atoms with Gasteiger partial charge in [0.25, 0.3) is 0 Å². The van der Waals surface area contributed by atoms with Gasteiger partial charge in [-0.15, -0.1) is 0 Å². The normalized spacial score (nSPS) is 10.4. The van der Waals surface area contributed by atoms with Crippen molar-refractivity contribution in [3.8, 4) is 17.2 Å². The maximum atomic E-state index is 7.66. The number of rotatable bonds is 3. The van der Waals surface area contributed by atoms with Crippen LogP contribution in [0.15, 0.2) is 18.2 Å². The van der Waals surface area contributed by atoms with Gasteiger partial charge in [0.05, 0.1) is 22.7 Å². The van der Waals surface area contributed by atoms with Crippen molar-refractivity contribution in [2.75, 3.05) is 21.3 Å². The molecular formula is C9H12O3. The topological polar surface area (TPSA) is 27.7 Å². The van der Waals surface area contributed by atoms with E-state index in [1.807, 2.05) is 0 Å². The third kappa shape index (κ3) is 1.61. The molecule has 0 atom stereocenters. The molecule has 0 amide bonds. The monoisotopic (exact) mass is 169 g/mol. The number of methoxy groups -OCH3 is 3. The molecule has 0 aliphatic carbocycles. The first-order chi connectivity index (χ1) is 6.24. The van der Waals surface area contributed by atoms with Crippen LogP contribution in [0.5, 0.6) is 17.2 Å². The Morgan fingerprint density at radius 3 is 2.17 bits per heavy atom. The van der Waals surface area contributed by atoms with Gasteiger partial charge in [0, 0.05) is 6.04 Å². The Morgan fingerprint density at radius 2 is 1.67 bits per heavy atom. The molecule has 0 heterocycles. The summed E-state index contributed by atoms with van der Waals surface area (Å²) >= 11 is 0. The highest BCUT2D eigenvalue weighted by Gasteiger charge is 2.03. The van der Waals surface area contributed by atoms with Gasteiger partial charge in [-0.3, -0.25) is 0 Å². The Bertz CT molecular complexity index is 299. The number of hydrogen-bond donors (Lipinski definition) is 0. The maximum Gasteiger partial charge on any atom is 0.164 e. The Labute approximate surface area is 73.3 Å². The van der Waals surface area contributed by atoms with Gasteiger partial charge in [-0.1, -0.05) is 0 Å². The molecule has 1 rings (SSSR count). The van der Waals surface area contributed by atoms with E-state index in [1.165, 1.54) is 21.3 Å². The third-order valence-corrected chi connectivity index (χ3v) is 1.49. The van der Waals surface area contributed by atoms with E-state index in [2.05, 4.69) is 0 Å². The highest BCUT2D eigenvalue weighted by atomic mass is 16.5. The predicted octanol–water partition coefficient (Wildman–Crippen LogP) is 1.71. The van der Waals surface area contributed by atoms with Gasteiger partial charge in [0.2, 0.25) is 0 Å². The third-order valence-electron chi connectivity index (χ3n) is 1.49. The summed E-state index contributed by atoms with van der Waals surface area (Å²) in [4.78, 5) is 0. The predicted molar refractivity (Wildman–Crippen MR) is 46.1 cm³/mol. The zero-order chi connectivity index (χ0) is 9.84. The molecule has 0 radical (unpaired) electrons. The summed E-state index contributed by atoms with van der Waals surface area (Å²) in [7, 11) is 4.54. The molecule has 3 heteroatoms. The Morgan fingerprint density at radius 1 is 1.00 bits per heavy atom. The Balaban J connectivity index is 3.23. The summed E-state index contributed by atoms with van der Waals surface area (Å²) in [6.07, 6.45) is 0. The van der Waals surface area contributed by atoms with Crippen LogP contribution in [0.1, 0.15) is 1.37 Å². The van der Waals surface area contributed by atoms with Crippen LogP contribution in [-0.4, -0.2) is 21.3 Å². The van der Waals surface area contributed by atoms with Gasteiger partial charge >= 0.3 is 0 Å². The van der Waals surface area contributed by atoms with Crippen LogP contribution in [0.25, 0.3) is 0 Å². The molecule has 0 aliphatic rings. The van der Waals surface area contributed by atoms with Crippen LogP contribution in [0.2, 0.25) is 0 Å². The molecule has 1 aromatic carbocycles. The second-order valence-corrected chi connectivity index (χ2v) is 2.13. The smallest absolute Gasteiger partial charge is 0.164 e. The minimum atomic E-state index is 0.198. The lowest BCUT2D eigenvalue weighted by Gasteiger charge is -2.08. The van der Waals surface area contributed by atoms with Gasteiger partial charge in [0.15, 0.2) is 11.5 Å². The lowest BCUT2D eigenvalue weighted by atomic mass is 10.3. The Kier molecular flexibility index (Phi) is 2.34. The number of ether oxygens (including phenoxy) is 3. The highest BCUT2D eigenvalue weighted by molar-refractivity contribution is 5.45. The zero-order valence-electron chi connectivity index (χ0n) is 8.38. The van der Waals surface area contributed by atoms with Crippen molar-refractivity contribution in [3.05, 3.63) is 18.2 Å². The molecule has 0 aliphatic heterocycles. The molecule has 0 unspecified atom stereocenters. The van der Waals surface area contributed by atoms with E-state index in [0.717, 1.165) is 0 Å². The van der Waals surface area contributed by atoms with Crippen LogP contribution < -0.4 is 14.2 Å². The summed E-state index contributed by atoms with van der Waals surface area (Å²) < 4.78 is 22.7. The Hall–Kier alpha value is -1.38. The summed E-state index contributed by atoms with van der Waals surface area (Å²) in [6.45, 7) is 0. The van der Waals surface area contributed by atoms with Crippen LogP contribution in [-0.2, 0) is 0 Å². The second kappa shape index (κ2) is 3.85. The molecule has 0 bridgehead atoms. The van der Waals surface area contributed by atoms with Crippen molar-refractivity contribution in [2.45, 2.75) is 0 Å². The fraction of sp³-hybridized carbons (Fsp3) is 0.333. The lowest BCUT2D eigenvalue weighted by Crippen LogP contribution is -1.91. The van der Waals surface area contributed by atoms with Gasteiger partial charge in [0.1, 0.15) is 5.75 Å². The van der Waals surface area contributed by atoms with Crippen LogP contribution >= 0.6 is 0 Å². The van der Waals surface area contributed by atoms with E-state index in [9.17, 15) is 0 Å². The lowest BCUT2D eigenvalue weighted by molar-refractivity contribution is 0.349. The number of hydrogen-bond acceptors (Lipinski definition) is 3. The molecule has 0 saturated heterocycles. The number of benzene rings is 1. The molecular weight excluding hydrogens is 156 g/mol. The molecule has 12 heavy (non-hydrogen) atoms. The van der Waals surface area contributed by atoms with Crippen LogP contribution in [0.4, 0.5) is 0 Å². The van der Waals surface area contributed by atoms with E-state index in [-0.39, 0.29) is 6.04 Å². The molecule has 1 aromatic rings. The first kappa shape index (κ1) is 7.28. The molecule has 0 saturated carbocycles. The fourth-order valence-electron chi connectivity index (χ4n) is 0.874. The van der Waals surface area contributed by atoms with Crippen molar-refractivity contribution >= 4 is 0 Å². The van der Waals surface area contributed by atoms with Crippen molar-refractivity contribution < 1.29 is 15.6 Å². The van der Waals surface area contributed by atoms with E-state index in [4.69, 9.17) is 15.6 Å². The van der Waals surface area contributed by atoms with Gasteiger partial charge in [-0.2, -0.15) is 0 Å². The fourth-order valence-corrected chi connectivity index (χ4v) is 0.874. The quantitative estimate of drug-likeness (QED) is 0.689. The van der Waals surface area contributed by atoms with Gasteiger partial charge < -0.3 is 14.2 Å². The van der Waals surface area contributed by atoms with Gasteiger partial charge in [-0.25, -0.2) is 0 Å². The van der Waals surface area contributed by atoms with E-state index in [1.54, 1.807) is 12.1 Å². The first-order valence-corrected chi connectivity index (χ1v) is 3.50. The molecule has 0 fully saturated rings. The molecule has 3 nitrogen and oxygen atoms in total. The molecule has 0 aromatic heterocycles. The summed E-state index contributed by atoms with van der Waals surface area (Å²) in [5.41, 5.74) is 0. The van der Waals surface area contributed by atoms with Crippen molar-refractivity contribution in [1.82, 2.24) is 0 Å². The summed E-state index contributed by atoms with van der Waals surface area (Å²) in [5.74, 6) is 1.40. The summed E-state index contributed by atoms with van der Waals surface area (Å²) in [5, 5.41) is 0. The van der Waals surface area contributed by atoms with E-state index >= 15 is 0 Å². The van der Waals surface area contributed by atoms with Crippen LogP contribution in [0, 0.1) is 0 Å². The first-order valence-electron chi connectivity index (χ1n) is 4.00. The summed E-state index contributed by atoms with van der Waals surface area (Å²) in [6, 6.07) is 3.57. The SMILES string of the molecule is [2H]c1c(OC)ccc(OC)c1OC. The minimum absolute atomic E-state index is 0.198. The van der Waals surface area contributed by atoms with E-state index < -0.39 is 0 Å². The van der Waals surface area contributed by atoms with E-state index in [0.29, 0.717) is 17.2 Å². The molecule has 66 valence electrons. The second-order valence-electron chi connectivity index (χ2n) is 2.13. The van der Waals surface area contributed by atoms with Crippen molar-refractivity contribution in [3.63, 3.8) is 0 Å². The molecule has 0 spiro atoms. The minimum Gasteiger partial charge on any atom is -0.497 e. The van der Waals surface area contributed by atoms with Crippen molar-refractivity contribution in [1.29, 1.82) is 0 Å². The highest BCUT2D eigenvalue weighted by Crippen LogP contribution is 2.30. The van der Waals surface area contributed by atoms with Crippen LogP contribution in [0.3, 0.4) is 0 Å².